The van der Waals surface area contributed by atoms with Gasteiger partial charge in [0.1, 0.15) is 0 Å². The molecule has 198 valence electrons. The number of rotatable bonds is 28. The first-order chi connectivity index (χ1) is 16.3. The lowest BCUT2D eigenvalue weighted by Crippen LogP contribution is -2.05. The van der Waals surface area contributed by atoms with E-state index in [2.05, 4.69) is 6.92 Å². The number of hydrogen-bond acceptors (Lipinski definition) is 3. The normalized spacial score (nSPS) is 11.2. The summed E-state index contributed by atoms with van der Waals surface area (Å²) in [6, 6.07) is 0. The molecule has 0 atom stereocenters. The Morgan fingerprint density at radius 1 is 0.485 bits per heavy atom. The fraction of sp³-hybridized carbons (Fsp3) is 0.967. The first kappa shape index (κ1) is 32.4. The predicted molar refractivity (Wildman–Crippen MR) is 144 cm³/mol. The van der Waals surface area contributed by atoms with Crippen LogP contribution < -0.4 is 0 Å². The van der Waals surface area contributed by atoms with Crippen molar-refractivity contribution in [3.63, 3.8) is 0 Å². The highest BCUT2D eigenvalue weighted by molar-refractivity contribution is 5.69. The first-order valence-corrected chi connectivity index (χ1v) is 15.1. The number of ether oxygens (including phenoxy) is 1. The van der Waals surface area contributed by atoms with E-state index in [1.54, 1.807) is 0 Å². The van der Waals surface area contributed by atoms with Gasteiger partial charge in [-0.1, -0.05) is 148 Å². The van der Waals surface area contributed by atoms with E-state index in [0.29, 0.717) is 19.6 Å². The lowest BCUT2D eigenvalue weighted by Gasteiger charge is -2.06. The van der Waals surface area contributed by atoms with Gasteiger partial charge in [0.25, 0.3) is 0 Å². The van der Waals surface area contributed by atoms with Gasteiger partial charge < -0.3 is 9.84 Å². The Kier molecular flexibility index (Phi) is 29.0. The monoisotopic (exact) mass is 468 g/mol. The third-order valence-corrected chi connectivity index (χ3v) is 6.80. The lowest BCUT2D eigenvalue weighted by molar-refractivity contribution is -0.143. The van der Waals surface area contributed by atoms with E-state index in [-0.39, 0.29) is 5.97 Å². The van der Waals surface area contributed by atoms with Gasteiger partial charge in [-0.15, -0.1) is 0 Å². The molecule has 1 N–H and O–H groups in total. The molecule has 0 unspecified atom stereocenters. The second-order valence-corrected chi connectivity index (χ2v) is 10.2. The predicted octanol–water partition coefficient (Wildman–Crippen LogP) is 9.68. The van der Waals surface area contributed by atoms with Gasteiger partial charge in [0.05, 0.1) is 6.61 Å². The van der Waals surface area contributed by atoms with Crippen LogP contribution in [0.4, 0.5) is 0 Å². The van der Waals surface area contributed by atoms with Crippen LogP contribution in [0.1, 0.15) is 174 Å². The van der Waals surface area contributed by atoms with Gasteiger partial charge in [-0.25, -0.2) is 0 Å². The van der Waals surface area contributed by atoms with Crippen molar-refractivity contribution < 1.29 is 14.6 Å². The Morgan fingerprint density at radius 2 is 0.818 bits per heavy atom. The molecule has 3 nitrogen and oxygen atoms in total. The van der Waals surface area contributed by atoms with Crippen LogP contribution in [0, 0.1) is 0 Å². The zero-order valence-corrected chi connectivity index (χ0v) is 22.6. The molecular weight excluding hydrogens is 408 g/mol. The van der Waals surface area contributed by atoms with Crippen molar-refractivity contribution in [2.24, 2.45) is 0 Å². The Bertz CT molecular complexity index is 370. The summed E-state index contributed by atoms with van der Waals surface area (Å²) < 4.78 is 5.38. The minimum absolute atomic E-state index is 0.0000344. The van der Waals surface area contributed by atoms with Gasteiger partial charge in [0, 0.05) is 13.0 Å². The van der Waals surface area contributed by atoms with Crippen molar-refractivity contribution in [2.75, 3.05) is 13.2 Å². The van der Waals surface area contributed by atoms with Crippen LogP contribution >= 0.6 is 0 Å². The van der Waals surface area contributed by atoms with Crippen LogP contribution in [-0.4, -0.2) is 24.3 Å². The standard InChI is InChI=1S/C30H60O3/c1-2-3-4-5-6-7-8-9-10-11-12-13-17-20-23-26-29-33-30(32)27-24-21-18-15-14-16-19-22-25-28-31/h31H,2-29H2,1H3. The quantitative estimate of drug-likeness (QED) is 0.0918. The summed E-state index contributed by atoms with van der Waals surface area (Å²) in [5.41, 5.74) is 0. The van der Waals surface area contributed by atoms with E-state index < -0.39 is 0 Å². The number of carbonyl (C=O) groups excluding carboxylic acids is 1. The van der Waals surface area contributed by atoms with E-state index in [1.807, 2.05) is 0 Å². The highest BCUT2D eigenvalue weighted by atomic mass is 16.5. The molecule has 0 aliphatic rings. The maximum atomic E-state index is 11.8. The molecule has 0 aromatic rings. The molecule has 0 amide bonds. The fourth-order valence-corrected chi connectivity index (χ4v) is 4.53. The van der Waals surface area contributed by atoms with Gasteiger partial charge in [0.2, 0.25) is 0 Å². The highest BCUT2D eigenvalue weighted by Crippen LogP contribution is 2.14. The summed E-state index contributed by atoms with van der Waals surface area (Å²) >= 11 is 0. The smallest absolute Gasteiger partial charge is 0.305 e. The van der Waals surface area contributed by atoms with Crippen LogP contribution in [0.5, 0.6) is 0 Å². The summed E-state index contributed by atoms with van der Waals surface area (Å²) in [4.78, 5) is 11.8. The van der Waals surface area contributed by atoms with Gasteiger partial charge in [-0.05, 0) is 19.3 Å². The van der Waals surface area contributed by atoms with Gasteiger partial charge in [0.15, 0.2) is 0 Å². The Morgan fingerprint density at radius 3 is 1.21 bits per heavy atom. The summed E-state index contributed by atoms with van der Waals surface area (Å²) in [6.45, 7) is 3.23. The molecular formula is C30H60O3. The molecule has 0 radical (unpaired) electrons. The van der Waals surface area contributed by atoms with Crippen molar-refractivity contribution in [2.45, 2.75) is 174 Å². The van der Waals surface area contributed by atoms with Crippen molar-refractivity contribution in [1.82, 2.24) is 0 Å². The van der Waals surface area contributed by atoms with E-state index in [0.717, 1.165) is 32.1 Å². The third-order valence-electron chi connectivity index (χ3n) is 6.80. The Hall–Kier alpha value is -0.570. The molecule has 0 aromatic heterocycles. The molecule has 3 heteroatoms. The number of aliphatic hydroxyl groups excluding tert-OH is 1. The SMILES string of the molecule is CCCCCCCCCCCCCCCCCCOC(=O)CCCCCCCCCCCO. The van der Waals surface area contributed by atoms with Gasteiger partial charge in [-0.3, -0.25) is 4.79 Å². The summed E-state index contributed by atoms with van der Waals surface area (Å²) in [6.07, 6.45) is 33.0. The molecule has 0 aliphatic heterocycles. The van der Waals surface area contributed by atoms with Gasteiger partial charge >= 0.3 is 5.97 Å². The number of carbonyl (C=O) groups is 1. The molecule has 33 heavy (non-hydrogen) atoms. The summed E-state index contributed by atoms with van der Waals surface area (Å²) in [5, 5.41) is 8.75. The number of unbranched alkanes of at least 4 members (excludes halogenated alkanes) is 23. The third kappa shape index (κ3) is 29.4. The van der Waals surface area contributed by atoms with E-state index in [9.17, 15) is 4.79 Å². The van der Waals surface area contributed by atoms with Crippen molar-refractivity contribution in [3.05, 3.63) is 0 Å². The second-order valence-electron chi connectivity index (χ2n) is 10.2. The maximum Gasteiger partial charge on any atom is 0.305 e. The van der Waals surface area contributed by atoms with Crippen LogP contribution in [-0.2, 0) is 9.53 Å². The van der Waals surface area contributed by atoms with Crippen molar-refractivity contribution in [3.8, 4) is 0 Å². The molecule has 0 saturated heterocycles. The Balaban J connectivity index is 3.13. The number of esters is 1. The fourth-order valence-electron chi connectivity index (χ4n) is 4.53. The number of aliphatic hydroxyl groups is 1. The van der Waals surface area contributed by atoms with Gasteiger partial charge in [-0.2, -0.15) is 0 Å². The van der Waals surface area contributed by atoms with E-state index in [1.165, 1.54) is 128 Å². The zero-order chi connectivity index (χ0) is 24.1. The summed E-state index contributed by atoms with van der Waals surface area (Å²) in [7, 11) is 0. The van der Waals surface area contributed by atoms with Crippen molar-refractivity contribution >= 4 is 5.97 Å². The van der Waals surface area contributed by atoms with Crippen LogP contribution in [0.25, 0.3) is 0 Å². The molecule has 0 heterocycles. The number of hydrogen-bond donors (Lipinski definition) is 1. The van der Waals surface area contributed by atoms with Crippen LogP contribution in [0.3, 0.4) is 0 Å². The lowest BCUT2D eigenvalue weighted by atomic mass is 10.0. The van der Waals surface area contributed by atoms with E-state index >= 15 is 0 Å². The molecule has 0 rings (SSSR count). The molecule has 0 aromatic carbocycles. The van der Waals surface area contributed by atoms with E-state index in [4.69, 9.17) is 9.84 Å². The Labute approximate surface area is 207 Å². The highest BCUT2D eigenvalue weighted by Gasteiger charge is 2.02. The molecule has 0 spiro atoms. The summed E-state index contributed by atoms with van der Waals surface area (Å²) in [5.74, 6) is -0.0000344. The van der Waals surface area contributed by atoms with Crippen LogP contribution in [0.2, 0.25) is 0 Å². The second kappa shape index (κ2) is 29.5. The minimum atomic E-state index is -0.0000344. The average Bonchev–Trinajstić information content (AvgIpc) is 2.82. The molecule has 0 fully saturated rings. The molecule has 0 aliphatic carbocycles. The first-order valence-electron chi connectivity index (χ1n) is 15.1. The largest absolute Gasteiger partial charge is 0.466 e. The topological polar surface area (TPSA) is 46.5 Å². The average molecular weight is 469 g/mol. The molecule has 0 saturated carbocycles. The van der Waals surface area contributed by atoms with Crippen molar-refractivity contribution in [1.29, 1.82) is 0 Å². The minimum Gasteiger partial charge on any atom is -0.466 e. The van der Waals surface area contributed by atoms with Crippen LogP contribution in [0.15, 0.2) is 0 Å². The molecule has 0 bridgehead atoms. The maximum absolute atomic E-state index is 11.8. The zero-order valence-electron chi connectivity index (χ0n) is 22.6.